The molecule has 0 N–H and O–H groups in total. The van der Waals surface area contributed by atoms with Crippen molar-refractivity contribution in [2.45, 2.75) is 56.7 Å². The minimum Gasteiger partial charge on any atom is -0.367 e. The number of ketones is 2. The van der Waals surface area contributed by atoms with E-state index in [9.17, 15) is 22.8 Å². The van der Waals surface area contributed by atoms with Gasteiger partial charge in [0.25, 0.3) is 0 Å². The third kappa shape index (κ3) is 3.19. The summed E-state index contributed by atoms with van der Waals surface area (Å²) in [5, 5.41) is 0. The first-order valence-corrected chi connectivity index (χ1v) is 10.9. The zero-order valence-electron chi connectivity index (χ0n) is 17.1. The molecular formula is C25H24F3NO2. The zero-order chi connectivity index (χ0) is 21.8. The Hall–Kier alpha value is -2.63. The summed E-state index contributed by atoms with van der Waals surface area (Å²) in [6.45, 7) is 0.616. The van der Waals surface area contributed by atoms with E-state index in [1.807, 2.05) is 18.2 Å². The van der Waals surface area contributed by atoms with Gasteiger partial charge in [0.15, 0.2) is 0 Å². The molecule has 2 aromatic rings. The van der Waals surface area contributed by atoms with Crippen LogP contribution in [0.1, 0.15) is 54.7 Å². The van der Waals surface area contributed by atoms with Gasteiger partial charge in [-0.25, -0.2) is 0 Å². The van der Waals surface area contributed by atoms with Crippen LogP contribution >= 0.6 is 0 Å². The first kappa shape index (κ1) is 20.3. The van der Waals surface area contributed by atoms with Gasteiger partial charge in [0.05, 0.1) is 5.56 Å². The molecule has 6 heteroatoms. The van der Waals surface area contributed by atoms with Crippen molar-refractivity contribution in [1.82, 2.24) is 0 Å². The first-order valence-electron chi connectivity index (χ1n) is 10.9. The Balaban J connectivity index is 1.61. The summed E-state index contributed by atoms with van der Waals surface area (Å²) in [5.74, 6) is 0.0175. The minimum absolute atomic E-state index is 0.0760. The van der Waals surface area contributed by atoms with Gasteiger partial charge >= 0.3 is 6.18 Å². The van der Waals surface area contributed by atoms with Crippen LogP contribution in [0.3, 0.4) is 0 Å². The molecule has 0 unspecified atom stereocenters. The van der Waals surface area contributed by atoms with Crippen LogP contribution in [0.15, 0.2) is 48.5 Å². The Kier molecular flexibility index (Phi) is 4.72. The van der Waals surface area contributed by atoms with E-state index in [1.165, 1.54) is 11.6 Å². The van der Waals surface area contributed by atoms with Crippen LogP contribution in [0.2, 0.25) is 0 Å². The zero-order valence-corrected chi connectivity index (χ0v) is 17.1. The average Bonchev–Trinajstić information content (AvgIpc) is 2.76. The number of hydrogen-bond donors (Lipinski definition) is 0. The summed E-state index contributed by atoms with van der Waals surface area (Å²) in [7, 11) is 0. The van der Waals surface area contributed by atoms with Crippen molar-refractivity contribution >= 4 is 17.3 Å². The second-order valence-electron chi connectivity index (χ2n) is 9.03. The molecule has 0 aromatic heterocycles. The summed E-state index contributed by atoms with van der Waals surface area (Å²) in [5.41, 5.74) is 0.429. The monoisotopic (exact) mass is 427 g/mol. The maximum absolute atomic E-state index is 13.4. The smallest absolute Gasteiger partial charge is 0.367 e. The first-order chi connectivity index (χ1) is 14.8. The maximum Gasteiger partial charge on any atom is 0.416 e. The third-order valence-electron chi connectivity index (χ3n) is 7.43. The van der Waals surface area contributed by atoms with E-state index in [1.54, 1.807) is 0 Å². The number of fused-ring (bicyclic) bond motifs is 4. The predicted molar refractivity (Wildman–Crippen MR) is 111 cm³/mol. The Morgan fingerprint density at radius 2 is 1.68 bits per heavy atom. The second-order valence-corrected chi connectivity index (χ2v) is 9.03. The van der Waals surface area contributed by atoms with Gasteiger partial charge in [-0.2, -0.15) is 13.2 Å². The normalized spacial score (nSPS) is 25.3. The quantitative estimate of drug-likeness (QED) is 0.578. The SMILES string of the molecule is O=C1CCCC(=O)C12Cc1cc(C(F)(F)F)ccc1N1CC[C@H](c3ccccc3)C[C@@H]12. The van der Waals surface area contributed by atoms with Crippen molar-refractivity contribution in [3.8, 4) is 0 Å². The van der Waals surface area contributed by atoms with Crippen LogP contribution in [-0.2, 0) is 22.2 Å². The molecule has 1 aliphatic carbocycles. The lowest BCUT2D eigenvalue weighted by Gasteiger charge is -2.54. The molecule has 31 heavy (non-hydrogen) atoms. The molecule has 2 aliphatic heterocycles. The molecule has 1 saturated heterocycles. The molecule has 1 spiro atoms. The molecule has 0 amide bonds. The molecule has 2 aromatic carbocycles. The van der Waals surface area contributed by atoms with E-state index in [-0.39, 0.29) is 29.9 Å². The molecule has 1 saturated carbocycles. The van der Waals surface area contributed by atoms with Crippen molar-refractivity contribution in [2.24, 2.45) is 5.41 Å². The lowest BCUT2D eigenvalue weighted by Crippen LogP contribution is -2.63. The molecule has 162 valence electrons. The fraction of sp³-hybridized carbons (Fsp3) is 0.440. The van der Waals surface area contributed by atoms with Crippen LogP contribution in [0.25, 0.3) is 0 Å². The van der Waals surface area contributed by atoms with Crippen LogP contribution in [0.5, 0.6) is 0 Å². The number of halogens is 3. The molecule has 0 bridgehead atoms. The van der Waals surface area contributed by atoms with Gasteiger partial charge in [-0.1, -0.05) is 30.3 Å². The van der Waals surface area contributed by atoms with E-state index >= 15 is 0 Å². The lowest BCUT2D eigenvalue weighted by atomic mass is 9.58. The summed E-state index contributed by atoms with van der Waals surface area (Å²) < 4.78 is 40.1. The number of Topliss-reactive ketones (excluding diaryl/α,β-unsaturated/α-hetero) is 2. The fourth-order valence-corrected chi connectivity index (χ4v) is 5.93. The highest BCUT2D eigenvalue weighted by molar-refractivity contribution is 6.11. The number of alkyl halides is 3. The molecule has 0 radical (unpaired) electrons. The summed E-state index contributed by atoms with van der Waals surface area (Å²) in [6.07, 6.45) is -1.72. The minimum atomic E-state index is -4.46. The number of nitrogens with zero attached hydrogens (tertiary/aromatic N) is 1. The molecule has 2 fully saturated rings. The largest absolute Gasteiger partial charge is 0.416 e. The molecule has 3 nitrogen and oxygen atoms in total. The highest BCUT2D eigenvalue weighted by atomic mass is 19.4. The number of anilines is 1. The van der Waals surface area contributed by atoms with Crippen molar-refractivity contribution < 1.29 is 22.8 Å². The van der Waals surface area contributed by atoms with Crippen LogP contribution in [0.4, 0.5) is 18.9 Å². The van der Waals surface area contributed by atoms with Gasteiger partial charge < -0.3 is 4.90 Å². The molecule has 3 aliphatic rings. The van der Waals surface area contributed by atoms with Gasteiger partial charge in [0.1, 0.15) is 17.0 Å². The second kappa shape index (κ2) is 7.21. The number of benzene rings is 2. The van der Waals surface area contributed by atoms with E-state index in [0.29, 0.717) is 37.8 Å². The standard InChI is InChI=1S/C25H24F3NO2/c26-25(27,28)19-9-10-20-18(13-19)15-24(22(30)7-4-8-23(24)31)21-14-17(11-12-29(20)21)16-5-2-1-3-6-16/h1-3,5-6,9-10,13,17,21H,4,7-8,11-12,14-15H2/t17-,21+/m0/s1. The van der Waals surface area contributed by atoms with Gasteiger partial charge in [0, 0.05) is 31.1 Å². The van der Waals surface area contributed by atoms with Gasteiger partial charge in [-0.05, 0) is 60.9 Å². The van der Waals surface area contributed by atoms with E-state index in [0.717, 1.165) is 24.2 Å². The van der Waals surface area contributed by atoms with Crippen molar-refractivity contribution in [3.05, 3.63) is 65.2 Å². The van der Waals surface area contributed by atoms with Crippen LogP contribution < -0.4 is 4.90 Å². The van der Waals surface area contributed by atoms with Gasteiger partial charge in [-0.15, -0.1) is 0 Å². The maximum atomic E-state index is 13.4. The Labute approximate surface area is 179 Å². The number of rotatable bonds is 1. The average molecular weight is 427 g/mol. The van der Waals surface area contributed by atoms with E-state index < -0.39 is 17.2 Å². The third-order valence-corrected chi connectivity index (χ3v) is 7.43. The summed E-state index contributed by atoms with van der Waals surface area (Å²) >= 11 is 0. The molecule has 2 atom stereocenters. The highest BCUT2D eigenvalue weighted by Crippen LogP contribution is 2.52. The van der Waals surface area contributed by atoms with Crippen molar-refractivity contribution in [2.75, 3.05) is 11.4 Å². The van der Waals surface area contributed by atoms with Crippen LogP contribution in [-0.4, -0.2) is 24.2 Å². The fourth-order valence-electron chi connectivity index (χ4n) is 5.93. The lowest BCUT2D eigenvalue weighted by molar-refractivity contribution is -0.146. The summed E-state index contributed by atoms with van der Waals surface area (Å²) in [6, 6.07) is 13.6. The predicted octanol–water partition coefficient (Wildman–Crippen LogP) is 5.32. The van der Waals surface area contributed by atoms with E-state index in [4.69, 9.17) is 0 Å². The van der Waals surface area contributed by atoms with Crippen molar-refractivity contribution in [3.63, 3.8) is 0 Å². The summed E-state index contributed by atoms with van der Waals surface area (Å²) in [4.78, 5) is 28.7. The number of piperidine rings is 1. The molecule has 2 heterocycles. The Morgan fingerprint density at radius 3 is 2.35 bits per heavy atom. The Bertz CT molecular complexity index is 1010. The highest BCUT2D eigenvalue weighted by Gasteiger charge is 2.58. The van der Waals surface area contributed by atoms with Gasteiger partial charge in [-0.3, -0.25) is 9.59 Å². The molecule has 5 rings (SSSR count). The van der Waals surface area contributed by atoms with Gasteiger partial charge in [0.2, 0.25) is 0 Å². The Morgan fingerprint density at radius 1 is 0.968 bits per heavy atom. The topological polar surface area (TPSA) is 37.4 Å². The molecular weight excluding hydrogens is 403 g/mol. The van der Waals surface area contributed by atoms with Crippen LogP contribution in [0, 0.1) is 5.41 Å². The number of carbonyl (C=O) groups is 2. The number of hydrogen-bond acceptors (Lipinski definition) is 3. The van der Waals surface area contributed by atoms with Crippen molar-refractivity contribution in [1.29, 1.82) is 0 Å². The van der Waals surface area contributed by atoms with E-state index in [2.05, 4.69) is 17.0 Å². The number of carbonyl (C=O) groups excluding carboxylic acids is 2.